The van der Waals surface area contributed by atoms with E-state index in [1.54, 1.807) is 45.0 Å². The van der Waals surface area contributed by atoms with Gasteiger partial charge in [0.25, 0.3) is 5.91 Å². The summed E-state index contributed by atoms with van der Waals surface area (Å²) in [6.07, 6.45) is 0.509. The lowest BCUT2D eigenvalue weighted by molar-refractivity contribution is -0.139. The van der Waals surface area contributed by atoms with E-state index in [1.807, 2.05) is 6.07 Å². The van der Waals surface area contributed by atoms with Crippen LogP contribution in [0.2, 0.25) is 0 Å². The number of carbonyl (C=O) groups excluding carboxylic acids is 3. The largest absolute Gasteiger partial charge is 0.361 e. The second-order valence-electron chi connectivity index (χ2n) is 6.40. The number of hydrogen-bond donors (Lipinski definition) is 2. The van der Waals surface area contributed by atoms with Crippen LogP contribution in [-0.2, 0) is 21.5 Å². The number of nitrogens with zero attached hydrogens (tertiary/aromatic N) is 2. The third kappa shape index (κ3) is 3.05. The third-order valence-corrected chi connectivity index (χ3v) is 4.56. The van der Waals surface area contributed by atoms with Gasteiger partial charge in [-0.05, 0) is 32.8 Å². The first-order valence-corrected chi connectivity index (χ1v) is 8.26. The molecule has 1 aliphatic heterocycles. The zero-order chi connectivity index (χ0) is 18.9. The second kappa shape index (κ2) is 6.62. The molecule has 1 aromatic carbocycles. The SMILES string of the molecule is Cc1noc(C)c1CCC(=O)NN1C(=O)NC(C)(c2ccccc2)C1=O. The van der Waals surface area contributed by atoms with Gasteiger partial charge in [0, 0.05) is 12.0 Å². The molecular formula is C18H20N4O4. The molecule has 26 heavy (non-hydrogen) atoms. The first-order chi connectivity index (χ1) is 12.3. The minimum atomic E-state index is -1.22. The number of hydrazine groups is 1. The number of urea groups is 1. The molecule has 2 heterocycles. The van der Waals surface area contributed by atoms with Crippen molar-refractivity contribution in [2.45, 2.75) is 39.2 Å². The lowest BCUT2D eigenvalue weighted by Crippen LogP contribution is -2.48. The highest BCUT2D eigenvalue weighted by atomic mass is 16.5. The third-order valence-electron chi connectivity index (χ3n) is 4.56. The maximum absolute atomic E-state index is 12.7. The van der Waals surface area contributed by atoms with Crippen LogP contribution in [0.3, 0.4) is 0 Å². The Balaban J connectivity index is 1.67. The van der Waals surface area contributed by atoms with E-state index in [2.05, 4.69) is 15.9 Å². The summed E-state index contributed by atoms with van der Waals surface area (Å²) in [5.41, 5.74) is 3.39. The Labute approximate surface area is 150 Å². The summed E-state index contributed by atoms with van der Waals surface area (Å²) in [6.45, 7) is 5.18. The lowest BCUT2D eigenvalue weighted by atomic mass is 9.92. The summed E-state index contributed by atoms with van der Waals surface area (Å²) in [7, 11) is 0. The fraction of sp³-hybridized carbons (Fsp3) is 0.333. The number of imide groups is 1. The Morgan fingerprint density at radius 2 is 1.96 bits per heavy atom. The van der Waals surface area contributed by atoms with E-state index in [0.29, 0.717) is 17.7 Å². The molecule has 0 bridgehead atoms. The zero-order valence-corrected chi connectivity index (χ0v) is 14.8. The van der Waals surface area contributed by atoms with Gasteiger partial charge in [-0.15, -0.1) is 0 Å². The quantitative estimate of drug-likeness (QED) is 0.794. The number of amides is 4. The zero-order valence-electron chi connectivity index (χ0n) is 14.8. The van der Waals surface area contributed by atoms with Crippen molar-refractivity contribution in [3.8, 4) is 0 Å². The Bertz CT molecular complexity index is 842. The summed E-state index contributed by atoms with van der Waals surface area (Å²) in [5.74, 6) is -0.313. The molecule has 3 rings (SSSR count). The van der Waals surface area contributed by atoms with E-state index in [1.165, 1.54) is 0 Å². The summed E-state index contributed by atoms with van der Waals surface area (Å²) >= 11 is 0. The van der Waals surface area contributed by atoms with Gasteiger partial charge < -0.3 is 9.84 Å². The van der Waals surface area contributed by atoms with E-state index < -0.39 is 23.4 Å². The molecule has 1 saturated heterocycles. The van der Waals surface area contributed by atoms with E-state index in [4.69, 9.17) is 4.52 Å². The smallest absolute Gasteiger partial charge is 0.344 e. The van der Waals surface area contributed by atoms with Gasteiger partial charge in [-0.25, -0.2) is 4.79 Å². The van der Waals surface area contributed by atoms with Crippen molar-refractivity contribution in [3.05, 3.63) is 52.9 Å². The summed E-state index contributed by atoms with van der Waals surface area (Å²) < 4.78 is 5.06. The summed E-state index contributed by atoms with van der Waals surface area (Å²) in [4.78, 5) is 37.1. The summed E-state index contributed by atoms with van der Waals surface area (Å²) in [6, 6.07) is 8.23. The molecular weight excluding hydrogens is 336 g/mol. The minimum absolute atomic E-state index is 0.0992. The van der Waals surface area contributed by atoms with Gasteiger partial charge in [0.2, 0.25) is 5.91 Å². The minimum Gasteiger partial charge on any atom is -0.361 e. The van der Waals surface area contributed by atoms with Crippen LogP contribution in [0.1, 0.15) is 35.9 Å². The van der Waals surface area contributed by atoms with Gasteiger partial charge in [-0.1, -0.05) is 35.5 Å². The van der Waals surface area contributed by atoms with Crippen molar-refractivity contribution in [2.75, 3.05) is 0 Å². The first-order valence-electron chi connectivity index (χ1n) is 8.26. The average molecular weight is 356 g/mol. The standard InChI is InChI=1S/C18H20N4O4/c1-11-14(12(2)26-21-11)9-10-15(23)20-22-16(24)18(3,19-17(22)25)13-7-5-4-6-8-13/h4-8H,9-10H2,1-3H3,(H,19,25)(H,20,23). The predicted molar refractivity (Wildman–Crippen MR) is 91.6 cm³/mol. The number of hydrogen-bond acceptors (Lipinski definition) is 5. The van der Waals surface area contributed by atoms with Crippen LogP contribution < -0.4 is 10.7 Å². The van der Waals surface area contributed by atoms with Crippen molar-refractivity contribution in [3.63, 3.8) is 0 Å². The molecule has 136 valence electrons. The lowest BCUT2D eigenvalue weighted by Gasteiger charge is -2.22. The molecule has 0 aliphatic carbocycles. The Kier molecular flexibility index (Phi) is 4.50. The van der Waals surface area contributed by atoms with Crippen LogP contribution in [0.5, 0.6) is 0 Å². The number of aromatic nitrogens is 1. The molecule has 0 saturated carbocycles. The fourth-order valence-corrected chi connectivity index (χ4v) is 2.99. The average Bonchev–Trinajstić information content (AvgIpc) is 3.05. The van der Waals surface area contributed by atoms with Crippen molar-refractivity contribution in [1.82, 2.24) is 20.9 Å². The first kappa shape index (κ1) is 17.7. The molecule has 1 unspecified atom stereocenters. The van der Waals surface area contributed by atoms with E-state index in [0.717, 1.165) is 16.3 Å². The van der Waals surface area contributed by atoms with Crippen LogP contribution >= 0.6 is 0 Å². The van der Waals surface area contributed by atoms with E-state index in [-0.39, 0.29) is 6.42 Å². The van der Waals surface area contributed by atoms with Crippen LogP contribution in [0.4, 0.5) is 4.79 Å². The van der Waals surface area contributed by atoms with E-state index in [9.17, 15) is 14.4 Å². The topological polar surface area (TPSA) is 105 Å². The number of nitrogens with one attached hydrogen (secondary N) is 2. The van der Waals surface area contributed by atoms with Gasteiger partial charge >= 0.3 is 6.03 Å². The van der Waals surface area contributed by atoms with Gasteiger partial charge in [0.15, 0.2) is 0 Å². The maximum atomic E-state index is 12.7. The summed E-state index contributed by atoms with van der Waals surface area (Å²) in [5, 5.41) is 7.21. The number of aryl methyl sites for hydroxylation is 2. The van der Waals surface area contributed by atoms with Gasteiger partial charge in [0.1, 0.15) is 11.3 Å². The van der Waals surface area contributed by atoms with Crippen molar-refractivity contribution >= 4 is 17.8 Å². The molecule has 2 N–H and O–H groups in total. The Hall–Kier alpha value is -3.16. The molecule has 2 aromatic rings. The maximum Gasteiger partial charge on any atom is 0.344 e. The monoisotopic (exact) mass is 356 g/mol. The highest BCUT2D eigenvalue weighted by molar-refractivity contribution is 6.08. The molecule has 4 amide bonds. The van der Waals surface area contributed by atoms with Crippen molar-refractivity contribution in [1.29, 1.82) is 0 Å². The number of carbonyl (C=O) groups is 3. The highest BCUT2D eigenvalue weighted by Gasteiger charge is 2.49. The van der Waals surface area contributed by atoms with Gasteiger partial charge in [-0.3, -0.25) is 15.0 Å². The van der Waals surface area contributed by atoms with Crippen LogP contribution in [0.25, 0.3) is 0 Å². The molecule has 8 nitrogen and oxygen atoms in total. The number of benzene rings is 1. The van der Waals surface area contributed by atoms with Crippen LogP contribution in [0.15, 0.2) is 34.9 Å². The second-order valence-corrected chi connectivity index (χ2v) is 6.40. The van der Waals surface area contributed by atoms with Crippen LogP contribution in [-0.4, -0.2) is 28.0 Å². The van der Waals surface area contributed by atoms with Crippen molar-refractivity contribution < 1.29 is 18.9 Å². The molecule has 1 fully saturated rings. The van der Waals surface area contributed by atoms with Crippen molar-refractivity contribution in [2.24, 2.45) is 0 Å². The molecule has 0 spiro atoms. The molecule has 1 aliphatic rings. The van der Waals surface area contributed by atoms with E-state index >= 15 is 0 Å². The Morgan fingerprint density at radius 3 is 2.58 bits per heavy atom. The fourth-order valence-electron chi connectivity index (χ4n) is 2.99. The molecule has 1 atom stereocenters. The highest BCUT2D eigenvalue weighted by Crippen LogP contribution is 2.27. The molecule has 0 radical (unpaired) electrons. The normalized spacial score (nSPS) is 19.6. The van der Waals surface area contributed by atoms with Crippen LogP contribution in [0, 0.1) is 13.8 Å². The number of rotatable bonds is 5. The Morgan fingerprint density at radius 1 is 1.27 bits per heavy atom. The van der Waals surface area contributed by atoms with Gasteiger partial charge in [-0.2, -0.15) is 5.01 Å². The predicted octanol–water partition coefficient (Wildman–Crippen LogP) is 1.72. The molecule has 8 heteroatoms. The van der Waals surface area contributed by atoms with Gasteiger partial charge in [0.05, 0.1) is 5.69 Å². The molecule has 1 aromatic heterocycles.